The molecule has 0 unspecified atom stereocenters. The molecule has 9 heteroatoms. The summed E-state index contributed by atoms with van der Waals surface area (Å²) in [4.78, 5) is 26.5. The minimum Gasteiger partial charge on any atom is -0.444 e. The summed E-state index contributed by atoms with van der Waals surface area (Å²) in [7, 11) is 0. The Hall–Kier alpha value is -1.87. The van der Waals surface area contributed by atoms with Crippen molar-refractivity contribution >= 4 is 23.4 Å². The Bertz CT molecular complexity index is 662. The van der Waals surface area contributed by atoms with Gasteiger partial charge < -0.3 is 20.3 Å². The second-order valence-corrected chi connectivity index (χ2v) is 9.47. The Morgan fingerprint density at radius 2 is 2.00 bits per heavy atom. The number of hydrogen-bond acceptors (Lipinski definition) is 6. The summed E-state index contributed by atoms with van der Waals surface area (Å²) in [6, 6.07) is 0. The maximum Gasteiger partial charge on any atom is 0.410 e. The molecule has 1 saturated heterocycles. The molecule has 0 radical (unpaired) electrons. The van der Waals surface area contributed by atoms with Gasteiger partial charge in [-0.25, -0.2) is 14.8 Å². The van der Waals surface area contributed by atoms with E-state index in [-0.39, 0.29) is 6.09 Å². The summed E-state index contributed by atoms with van der Waals surface area (Å²) >= 11 is 1.68. The first-order valence-corrected chi connectivity index (χ1v) is 11.2. The van der Waals surface area contributed by atoms with E-state index in [0.29, 0.717) is 6.54 Å². The summed E-state index contributed by atoms with van der Waals surface area (Å²) in [5.74, 6) is 0.829. The van der Waals surface area contributed by atoms with Crippen LogP contribution in [-0.4, -0.2) is 78.3 Å². The monoisotopic (exact) mass is 424 g/mol. The van der Waals surface area contributed by atoms with E-state index >= 15 is 0 Å². The van der Waals surface area contributed by atoms with Crippen molar-refractivity contribution in [3.63, 3.8) is 0 Å². The van der Waals surface area contributed by atoms with Crippen molar-refractivity contribution in [3.05, 3.63) is 16.1 Å². The average Bonchev–Trinajstić information content (AvgIpc) is 3.07. The van der Waals surface area contributed by atoms with Crippen molar-refractivity contribution in [2.75, 3.05) is 45.8 Å². The molecule has 1 aliphatic rings. The Morgan fingerprint density at radius 1 is 1.28 bits per heavy atom. The molecule has 0 bridgehead atoms. The first-order chi connectivity index (χ1) is 13.8. The molecule has 1 aromatic rings. The van der Waals surface area contributed by atoms with Gasteiger partial charge in [0.15, 0.2) is 5.96 Å². The van der Waals surface area contributed by atoms with Gasteiger partial charge in [-0.2, -0.15) is 0 Å². The average molecular weight is 425 g/mol. The smallest absolute Gasteiger partial charge is 0.410 e. The molecule has 0 aliphatic carbocycles. The molecular weight excluding hydrogens is 388 g/mol. The molecular formula is C20H36N6O2S. The number of aromatic nitrogens is 1. The zero-order valence-corrected chi connectivity index (χ0v) is 19.3. The lowest BCUT2D eigenvalue weighted by Gasteiger charge is -2.35. The minimum absolute atomic E-state index is 0.208. The molecule has 0 spiro atoms. The van der Waals surface area contributed by atoms with E-state index in [4.69, 9.17) is 4.74 Å². The summed E-state index contributed by atoms with van der Waals surface area (Å²) in [5.41, 5.74) is -0.440. The van der Waals surface area contributed by atoms with Crippen LogP contribution in [0.5, 0.6) is 0 Å². The highest BCUT2D eigenvalue weighted by atomic mass is 32.1. The lowest BCUT2D eigenvalue weighted by atomic mass is 10.2. The third-order valence-corrected chi connectivity index (χ3v) is 5.25. The Morgan fingerprint density at radius 3 is 2.59 bits per heavy atom. The SMILES string of the molecule is CCNC(=NCc1ncc(C)s1)NCCCN1CCN(C(=O)OC(C)(C)C)CC1. The third-order valence-electron chi connectivity index (χ3n) is 4.35. The number of piperazine rings is 1. The van der Waals surface area contributed by atoms with Gasteiger partial charge in [-0.15, -0.1) is 11.3 Å². The van der Waals surface area contributed by atoms with Gasteiger partial charge in [0.25, 0.3) is 0 Å². The van der Waals surface area contributed by atoms with Gasteiger partial charge in [-0.05, 0) is 47.6 Å². The highest BCUT2D eigenvalue weighted by Crippen LogP contribution is 2.12. The lowest BCUT2D eigenvalue weighted by molar-refractivity contribution is 0.0145. The van der Waals surface area contributed by atoms with Gasteiger partial charge in [0, 0.05) is 50.3 Å². The Balaban J connectivity index is 1.65. The van der Waals surface area contributed by atoms with Crippen LogP contribution in [0.4, 0.5) is 4.79 Å². The molecule has 1 fully saturated rings. The van der Waals surface area contributed by atoms with E-state index < -0.39 is 5.60 Å². The van der Waals surface area contributed by atoms with Crippen molar-refractivity contribution in [2.24, 2.45) is 4.99 Å². The largest absolute Gasteiger partial charge is 0.444 e. The number of aliphatic imine (C=N–C) groups is 1. The zero-order chi connectivity index (χ0) is 21.3. The second kappa shape index (κ2) is 11.3. The fourth-order valence-corrected chi connectivity index (χ4v) is 3.66. The maximum absolute atomic E-state index is 12.1. The number of ether oxygens (including phenoxy) is 1. The zero-order valence-electron chi connectivity index (χ0n) is 18.5. The first-order valence-electron chi connectivity index (χ1n) is 10.4. The van der Waals surface area contributed by atoms with Crippen LogP contribution in [-0.2, 0) is 11.3 Å². The van der Waals surface area contributed by atoms with E-state index in [2.05, 4.69) is 39.4 Å². The highest BCUT2D eigenvalue weighted by molar-refractivity contribution is 7.11. The van der Waals surface area contributed by atoms with Crippen LogP contribution < -0.4 is 10.6 Å². The predicted molar refractivity (Wildman–Crippen MR) is 119 cm³/mol. The van der Waals surface area contributed by atoms with Crippen LogP contribution >= 0.6 is 11.3 Å². The quantitative estimate of drug-likeness (QED) is 0.397. The summed E-state index contributed by atoms with van der Waals surface area (Å²) < 4.78 is 5.45. The molecule has 0 aromatic carbocycles. The van der Waals surface area contributed by atoms with Crippen LogP contribution in [0.2, 0.25) is 0 Å². The Kier molecular flexibility index (Phi) is 9.16. The number of aryl methyl sites for hydroxylation is 1. The Labute approximate surface area is 178 Å². The topological polar surface area (TPSA) is 82.1 Å². The van der Waals surface area contributed by atoms with E-state index in [0.717, 1.165) is 63.2 Å². The van der Waals surface area contributed by atoms with Crippen molar-refractivity contribution in [3.8, 4) is 0 Å². The number of carbonyl (C=O) groups is 1. The second-order valence-electron chi connectivity index (χ2n) is 8.15. The van der Waals surface area contributed by atoms with Crippen LogP contribution in [0.25, 0.3) is 0 Å². The lowest BCUT2D eigenvalue weighted by Crippen LogP contribution is -2.50. The van der Waals surface area contributed by atoms with Gasteiger partial charge in [-0.1, -0.05) is 0 Å². The molecule has 0 saturated carbocycles. The van der Waals surface area contributed by atoms with E-state index in [1.807, 2.05) is 27.0 Å². The number of amides is 1. The molecule has 1 amide bonds. The molecule has 1 aromatic heterocycles. The normalized spacial score (nSPS) is 16.0. The minimum atomic E-state index is -0.440. The van der Waals surface area contributed by atoms with E-state index in [1.165, 1.54) is 4.88 Å². The van der Waals surface area contributed by atoms with E-state index in [9.17, 15) is 4.79 Å². The number of hydrogen-bond donors (Lipinski definition) is 2. The fourth-order valence-electron chi connectivity index (χ4n) is 2.95. The number of rotatable bonds is 7. The van der Waals surface area contributed by atoms with Gasteiger partial charge in [0.05, 0.1) is 6.54 Å². The van der Waals surface area contributed by atoms with Crippen molar-refractivity contribution < 1.29 is 9.53 Å². The molecule has 2 rings (SSSR count). The fraction of sp³-hybridized carbons (Fsp3) is 0.750. The maximum atomic E-state index is 12.1. The van der Waals surface area contributed by atoms with Gasteiger partial charge in [0.1, 0.15) is 10.6 Å². The van der Waals surface area contributed by atoms with Crippen molar-refractivity contribution in [1.29, 1.82) is 0 Å². The summed E-state index contributed by atoms with van der Waals surface area (Å²) in [6.45, 7) is 16.3. The molecule has 164 valence electrons. The van der Waals surface area contributed by atoms with Gasteiger partial charge >= 0.3 is 6.09 Å². The number of nitrogens with zero attached hydrogens (tertiary/aromatic N) is 4. The van der Waals surface area contributed by atoms with Crippen LogP contribution in [0.15, 0.2) is 11.2 Å². The van der Waals surface area contributed by atoms with Crippen molar-refractivity contribution in [2.45, 2.75) is 53.2 Å². The van der Waals surface area contributed by atoms with Crippen molar-refractivity contribution in [1.82, 2.24) is 25.4 Å². The van der Waals surface area contributed by atoms with Crippen LogP contribution in [0.3, 0.4) is 0 Å². The van der Waals surface area contributed by atoms with Crippen LogP contribution in [0, 0.1) is 6.92 Å². The molecule has 2 N–H and O–H groups in total. The predicted octanol–water partition coefficient (Wildman–Crippen LogP) is 2.45. The number of carbonyl (C=O) groups excluding carboxylic acids is 1. The third kappa shape index (κ3) is 8.99. The first kappa shape index (κ1) is 23.4. The van der Waals surface area contributed by atoms with Gasteiger partial charge in [-0.3, -0.25) is 4.90 Å². The molecule has 2 heterocycles. The number of nitrogens with one attached hydrogen (secondary N) is 2. The van der Waals surface area contributed by atoms with Gasteiger partial charge in [0.2, 0.25) is 0 Å². The molecule has 8 nitrogen and oxygen atoms in total. The molecule has 1 aliphatic heterocycles. The standard InChI is InChI=1S/C20H36N6O2S/c1-6-21-18(24-15-17-23-14-16(2)29-17)22-8-7-9-25-10-12-26(13-11-25)19(27)28-20(3,4)5/h14H,6-13,15H2,1-5H3,(H2,21,22,24). The number of thiazole rings is 1. The molecule has 29 heavy (non-hydrogen) atoms. The highest BCUT2D eigenvalue weighted by Gasteiger charge is 2.25. The molecule has 0 atom stereocenters. The number of guanidine groups is 1. The summed E-state index contributed by atoms with van der Waals surface area (Å²) in [6.07, 6.45) is 2.70. The van der Waals surface area contributed by atoms with Crippen LogP contribution in [0.1, 0.15) is 44.0 Å². The summed E-state index contributed by atoms with van der Waals surface area (Å²) in [5, 5.41) is 7.70. The van der Waals surface area contributed by atoms with E-state index in [1.54, 1.807) is 16.2 Å².